The third kappa shape index (κ3) is 5.33. The van der Waals surface area contributed by atoms with Crippen molar-refractivity contribution in [3.05, 3.63) is 97.6 Å². The summed E-state index contributed by atoms with van der Waals surface area (Å²) < 4.78 is 15.7. The van der Waals surface area contributed by atoms with E-state index < -0.39 is 0 Å². The second-order valence-corrected chi connectivity index (χ2v) is 8.31. The molecule has 0 aliphatic rings. The molecule has 0 unspecified atom stereocenters. The molecule has 2 aromatic heterocycles. The van der Waals surface area contributed by atoms with Crippen molar-refractivity contribution in [2.75, 3.05) is 0 Å². The summed E-state index contributed by atoms with van der Waals surface area (Å²) in [6.45, 7) is 8.13. The smallest absolute Gasteiger partial charge is 0.210 e. The van der Waals surface area contributed by atoms with Crippen LogP contribution in [0.3, 0.4) is 0 Å². The fraction of sp³-hybridized carbons (Fsp3) is 0.214. The topological polar surface area (TPSA) is 26.2 Å². The highest BCUT2D eigenvalue weighted by Gasteiger charge is 2.10. The highest BCUT2D eigenvalue weighted by atomic mass is 16.5. The van der Waals surface area contributed by atoms with E-state index in [-0.39, 0.29) is 12.2 Å². The van der Waals surface area contributed by atoms with Gasteiger partial charge in [0.1, 0.15) is 11.5 Å². The van der Waals surface area contributed by atoms with Gasteiger partial charge < -0.3 is 9.47 Å². The Kier molecular flexibility index (Phi) is 6.50. The van der Waals surface area contributed by atoms with Gasteiger partial charge in [0.25, 0.3) is 0 Å². The van der Waals surface area contributed by atoms with E-state index in [2.05, 4.69) is 82.5 Å². The standard InChI is InChI=1S/C28H30N2O2/c1-21(2)31-27-9-5-25(6-10-27)29-17-13-23(14-18-29)24-15-19-30(20-16-24)26-7-11-28(12-8-26)32-22(3)4/h5-22H,1-4H3/q+2. The Morgan fingerprint density at radius 3 is 1.06 bits per heavy atom. The lowest BCUT2D eigenvalue weighted by Crippen LogP contribution is -2.29. The summed E-state index contributed by atoms with van der Waals surface area (Å²) in [5.41, 5.74) is 4.55. The van der Waals surface area contributed by atoms with Crippen LogP contribution in [0.25, 0.3) is 22.5 Å². The van der Waals surface area contributed by atoms with Gasteiger partial charge in [-0.2, -0.15) is 9.13 Å². The number of pyridine rings is 2. The summed E-state index contributed by atoms with van der Waals surface area (Å²) in [6, 6.07) is 24.9. The molecule has 0 aliphatic carbocycles. The lowest BCUT2D eigenvalue weighted by molar-refractivity contribution is -0.596. The van der Waals surface area contributed by atoms with Crippen molar-refractivity contribution < 1.29 is 18.6 Å². The van der Waals surface area contributed by atoms with Crippen molar-refractivity contribution >= 4 is 0 Å². The molecular weight excluding hydrogens is 396 g/mol. The second kappa shape index (κ2) is 9.65. The van der Waals surface area contributed by atoms with Crippen molar-refractivity contribution in [2.24, 2.45) is 0 Å². The average Bonchev–Trinajstić information content (AvgIpc) is 2.80. The molecule has 0 N–H and O–H groups in total. The minimum atomic E-state index is 0.176. The van der Waals surface area contributed by atoms with Crippen LogP contribution < -0.4 is 18.6 Å². The first kappa shape index (κ1) is 21.6. The molecule has 32 heavy (non-hydrogen) atoms. The van der Waals surface area contributed by atoms with Crippen LogP contribution in [0, 0.1) is 0 Å². The van der Waals surface area contributed by atoms with Gasteiger partial charge in [0, 0.05) is 48.5 Å². The Labute approximate surface area is 190 Å². The maximum absolute atomic E-state index is 5.73. The van der Waals surface area contributed by atoms with Gasteiger partial charge in [-0.1, -0.05) is 0 Å². The number of hydrogen-bond donors (Lipinski definition) is 0. The molecule has 4 rings (SSSR count). The van der Waals surface area contributed by atoms with Crippen LogP contribution in [0.2, 0.25) is 0 Å². The van der Waals surface area contributed by atoms with Crippen molar-refractivity contribution in [1.29, 1.82) is 0 Å². The molecule has 0 bridgehead atoms. The summed E-state index contributed by atoms with van der Waals surface area (Å²) in [7, 11) is 0. The number of aromatic nitrogens is 2. The lowest BCUT2D eigenvalue weighted by Gasteiger charge is -2.09. The van der Waals surface area contributed by atoms with Gasteiger partial charge in [-0.05, 0) is 63.1 Å². The zero-order chi connectivity index (χ0) is 22.5. The molecule has 2 heterocycles. The summed E-state index contributed by atoms with van der Waals surface area (Å²) >= 11 is 0. The minimum Gasteiger partial charge on any atom is -0.491 e. The average molecular weight is 427 g/mol. The molecule has 2 aromatic carbocycles. The van der Waals surface area contributed by atoms with Gasteiger partial charge in [-0.15, -0.1) is 0 Å². The van der Waals surface area contributed by atoms with E-state index in [1.807, 2.05) is 52.0 Å². The molecular formula is C28H30N2O2+2. The first-order chi connectivity index (χ1) is 15.5. The zero-order valence-corrected chi connectivity index (χ0v) is 19.1. The van der Waals surface area contributed by atoms with Crippen molar-refractivity contribution in [1.82, 2.24) is 0 Å². The molecule has 0 fully saturated rings. The molecule has 0 saturated carbocycles. The van der Waals surface area contributed by atoms with E-state index in [9.17, 15) is 0 Å². The van der Waals surface area contributed by atoms with Crippen LogP contribution in [-0.2, 0) is 0 Å². The monoisotopic (exact) mass is 426 g/mol. The maximum atomic E-state index is 5.73. The fourth-order valence-corrected chi connectivity index (χ4v) is 3.52. The van der Waals surface area contributed by atoms with Crippen LogP contribution in [-0.4, -0.2) is 12.2 Å². The van der Waals surface area contributed by atoms with Crippen LogP contribution in [0.4, 0.5) is 0 Å². The van der Waals surface area contributed by atoms with Crippen molar-refractivity contribution in [3.63, 3.8) is 0 Å². The minimum absolute atomic E-state index is 0.176. The first-order valence-electron chi connectivity index (χ1n) is 11.0. The molecule has 0 spiro atoms. The van der Waals surface area contributed by atoms with Crippen LogP contribution >= 0.6 is 0 Å². The molecule has 0 saturated heterocycles. The molecule has 162 valence electrons. The van der Waals surface area contributed by atoms with Crippen LogP contribution in [0.15, 0.2) is 97.6 Å². The number of nitrogens with zero attached hydrogens (tertiary/aromatic N) is 2. The van der Waals surface area contributed by atoms with E-state index in [0.29, 0.717) is 0 Å². The summed E-state index contributed by atoms with van der Waals surface area (Å²) in [6.07, 6.45) is 8.69. The number of hydrogen-bond acceptors (Lipinski definition) is 2. The lowest BCUT2D eigenvalue weighted by atomic mass is 10.1. The van der Waals surface area contributed by atoms with E-state index >= 15 is 0 Å². The fourth-order valence-electron chi connectivity index (χ4n) is 3.52. The predicted molar refractivity (Wildman–Crippen MR) is 126 cm³/mol. The SMILES string of the molecule is CC(C)Oc1ccc(-[n+]2ccc(-c3cc[n+](-c4ccc(OC(C)C)cc4)cc3)cc2)cc1. The van der Waals surface area contributed by atoms with E-state index in [0.717, 1.165) is 22.9 Å². The third-order valence-electron chi connectivity index (χ3n) is 5.01. The molecule has 4 aromatic rings. The normalized spacial score (nSPS) is 11.1. The van der Waals surface area contributed by atoms with E-state index in [4.69, 9.17) is 9.47 Å². The Bertz CT molecular complexity index is 1040. The molecule has 4 nitrogen and oxygen atoms in total. The first-order valence-corrected chi connectivity index (χ1v) is 11.0. The van der Waals surface area contributed by atoms with Crippen molar-refractivity contribution in [3.8, 4) is 34.0 Å². The van der Waals surface area contributed by atoms with Gasteiger partial charge in [0.05, 0.1) is 12.2 Å². The van der Waals surface area contributed by atoms with Crippen LogP contribution in [0.1, 0.15) is 27.7 Å². The van der Waals surface area contributed by atoms with Gasteiger partial charge >= 0.3 is 0 Å². The van der Waals surface area contributed by atoms with Gasteiger partial charge in [0.2, 0.25) is 11.4 Å². The van der Waals surface area contributed by atoms with Crippen LogP contribution in [0.5, 0.6) is 11.5 Å². The number of rotatable bonds is 7. The maximum Gasteiger partial charge on any atom is 0.210 e. The Morgan fingerprint density at radius 2 is 0.781 bits per heavy atom. The molecule has 0 radical (unpaired) electrons. The highest BCUT2D eigenvalue weighted by molar-refractivity contribution is 5.61. The number of ether oxygens (including phenoxy) is 2. The van der Waals surface area contributed by atoms with E-state index in [1.54, 1.807) is 0 Å². The third-order valence-corrected chi connectivity index (χ3v) is 5.01. The Balaban J connectivity index is 1.46. The summed E-state index contributed by atoms with van der Waals surface area (Å²) in [4.78, 5) is 0. The van der Waals surface area contributed by atoms with E-state index in [1.165, 1.54) is 11.1 Å². The van der Waals surface area contributed by atoms with Gasteiger partial charge in [-0.25, -0.2) is 0 Å². The zero-order valence-electron chi connectivity index (χ0n) is 19.1. The molecule has 0 aliphatic heterocycles. The Hall–Kier alpha value is -3.66. The second-order valence-electron chi connectivity index (χ2n) is 8.31. The van der Waals surface area contributed by atoms with Crippen molar-refractivity contribution in [2.45, 2.75) is 39.9 Å². The largest absolute Gasteiger partial charge is 0.491 e. The quantitative estimate of drug-likeness (QED) is 0.366. The van der Waals surface area contributed by atoms with Gasteiger partial charge in [-0.3, -0.25) is 0 Å². The Morgan fingerprint density at radius 1 is 0.469 bits per heavy atom. The molecule has 0 atom stereocenters. The summed E-state index contributed by atoms with van der Waals surface area (Å²) in [5, 5.41) is 0. The predicted octanol–water partition coefficient (Wildman–Crippen LogP) is 5.48. The summed E-state index contributed by atoms with van der Waals surface area (Å²) in [5.74, 6) is 1.78. The molecule has 4 heteroatoms. The highest BCUT2D eigenvalue weighted by Crippen LogP contribution is 2.19. The van der Waals surface area contributed by atoms with Gasteiger partial charge in [0.15, 0.2) is 24.8 Å². The molecule has 0 amide bonds. The number of benzene rings is 2.